The second-order valence-electron chi connectivity index (χ2n) is 11.1. The summed E-state index contributed by atoms with van der Waals surface area (Å²) in [6.07, 6.45) is 0.0713. The SMILES string of the molecule is CC(C)C(CP(=O)([O-])C(Cc1ccccc1)NC(=O)OCc1ccccc1)C(=O)N[C@@H](Cc1c[nH]c2ccccc12)C(=O)[O-].[Na+].[Na+]. The molecule has 3 aromatic carbocycles. The van der Waals surface area contributed by atoms with Crippen LogP contribution in [0.3, 0.4) is 0 Å². The molecule has 46 heavy (non-hydrogen) atoms. The molecule has 2 amide bonds. The Morgan fingerprint density at radius 1 is 0.848 bits per heavy atom. The van der Waals surface area contributed by atoms with E-state index in [1.165, 1.54) is 0 Å². The normalized spacial score (nSPS) is 14.1. The monoisotopic (exact) mass is 663 g/mol. The number of amides is 2. The Hall–Kier alpha value is -2.40. The molecule has 4 aromatic rings. The standard InChI is InChI=1S/C33H38N3O7P.2Na/c1-22(2)27(31(37)35-29(32(38)39)18-25-19-34-28-16-10-9-15-26(25)28)21-44(41,42)30(17-23-11-5-3-6-12-23)36-33(40)43-20-24-13-7-4-8-14-24;;/h3-16,19,22,27,29-30,34H,17-18,20-21H2,1-2H3,(H,35,37)(H,36,40)(H,38,39)(H,41,42);;/q;2*+1/p-2/t27?,29-,30?;;/m0../s1. The Balaban J connectivity index is 0.00000368. The van der Waals surface area contributed by atoms with Crippen LogP contribution in [0.2, 0.25) is 0 Å². The molecular formula is C33H36N3Na2O7P. The van der Waals surface area contributed by atoms with E-state index in [9.17, 15) is 28.9 Å². The summed E-state index contributed by atoms with van der Waals surface area (Å²) < 4.78 is 19.1. The van der Waals surface area contributed by atoms with Gasteiger partial charge >= 0.3 is 65.2 Å². The van der Waals surface area contributed by atoms with E-state index in [2.05, 4.69) is 15.6 Å². The number of ether oxygens (including phenoxy) is 1. The fraction of sp³-hybridized carbons (Fsp3) is 0.303. The minimum Gasteiger partial charge on any atom is -0.798 e. The Kier molecular flexibility index (Phi) is 16.3. The summed E-state index contributed by atoms with van der Waals surface area (Å²) in [6.45, 7) is 3.32. The molecule has 0 aliphatic carbocycles. The van der Waals surface area contributed by atoms with Crippen molar-refractivity contribution >= 4 is 36.2 Å². The molecule has 4 rings (SSSR count). The summed E-state index contributed by atoms with van der Waals surface area (Å²) in [7, 11) is -4.53. The average Bonchev–Trinajstić information content (AvgIpc) is 3.41. The van der Waals surface area contributed by atoms with Crippen LogP contribution >= 0.6 is 7.37 Å². The molecule has 1 heterocycles. The number of carbonyl (C=O) groups excluding carboxylic acids is 3. The fourth-order valence-corrected chi connectivity index (χ4v) is 7.20. The van der Waals surface area contributed by atoms with E-state index in [0.29, 0.717) is 11.1 Å². The van der Waals surface area contributed by atoms with Crippen molar-refractivity contribution in [2.45, 2.75) is 45.1 Å². The van der Waals surface area contributed by atoms with Gasteiger partial charge in [-0.25, -0.2) is 4.79 Å². The van der Waals surface area contributed by atoms with Crippen molar-refractivity contribution in [1.29, 1.82) is 0 Å². The van der Waals surface area contributed by atoms with Gasteiger partial charge in [0.15, 0.2) is 0 Å². The molecule has 0 fully saturated rings. The maximum Gasteiger partial charge on any atom is 1.00 e. The Labute approximate surface area is 313 Å². The second-order valence-corrected chi connectivity index (χ2v) is 13.6. The predicted octanol–water partition coefficient (Wildman–Crippen LogP) is -2.64. The summed E-state index contributed by atoms with van der Waals surface area (Å²) in [5, 5.41) is 17.9. The number of aromatic nitrogens is 1. The Bertz CT molecular complexity index is 1620. The fourth-order valence-electron chi connectivity index (χ4n) is 5.02. The van der Waals surface area contributed by atoms with Crippen LogP contribution < -0.4 is 79.7 Å². The molecule has 0 bridgehead atoms. The maximum absolute atomic E-state index is 13.8. The molecule has 232 valence electrons. The third-order valence-corrected chi connectivity index (χ3v) is 9.70. The molecule has 0 aliphatic rings. The van der Waals surface area contributed by atoms with Crippen LogP contribution in [0.5, 0.6) is 0 Å². The van der Waals surface area contributed by atoms with Crippen molar-refractivity contribution in [3.63, 3.8) is 0 Å². The first kappa shape index (κ1) is 39.8. The largest absolute Gasteiger partial charge is 1.00 e. The van der Waals surface area contributed by atoms with E-state index >= 15 is 0 Å². The molecule has 0 radical (unpaired) electrons. The predicted molar refractivity (Wildman–Crippen MR) is 163 cm³/mol. The second kappa shape index (κ2) is 18.8. The minimum atomic E-state index is -4.53. The summed E-state index contributed by atoms with van der Waals surface area (Å²) in [4.78, 5) is 55.1. The molecule has 0 saturated heterocycles. The van der Waals surface area contributed by atoms with Gasteiger partial charge in [-0.1, -0.05) is 92.7 Å². The summed E-state index contributed by atoms with van der Waals surface area (Å²) in [5.41, 5.74) is 2.89. The number of H-pyrrole nitrogens is 1. The molecule has 3 N–H and O–H groups in total. The number of fused-ring (bicyclic) bond motifs is 1. The number of hydrogen-bond acceptors (Lipinski definition) is 7. The smallest absolute Gasteiger partial charge is 0.798 e. The van der Waals surface area contributed by atoms with Crippen LogP contribution in [0.25, 0.3) is 10.9 Å². The number of carboxylic acids is 1. The number of rotatable bonds is 14. The van der Waals surface area contributed by atoms with Gasteiger partial charge in [0, 0.05) is 43.0 Å². The zero-order chi connectivity index (χ0) is 31.7. The van der Waals surface area contributed by atoms with E-state index in [0.717, 1.165) is 16.5 Å². The number of carbonyl (C=O) groups is 3. The summed E-state index contributed by atoms with van der Waals surface area (Å²) in [5.74, 6) is -5.14. The van der Waals surface area contributed by atoms with E-state index in [4.69, 9.17) is 4.74 Å². The zero-order valence-electron chi connectivity index (χ0n) is 26.6. The number of alkyl carbamates (subject to hydrolysis) is 1. The Morgan fingerprint density at radius 2 is 1.43 bits per heavy atom. The van der Waals surface area contributed by atoms with Gasteiger partial charge in [-0.15, -0.1) is 0 Å². The van der Waals surface area contributed by atoms with E-state index in [1.54, 1.807) is 74.6 Å². The van der Waals surface area contributed by atoms with Gasteiger partial charge in [0.2, 0.25) is 5.91 Å². The van der Waals surface area contributed by atoms with Gasteiger partial charge in [-0.05, 0) is 35.1 Å². The van der Waals surface area contributed by atoms with Crippen molar-refractivity contribution < 1.29 is 92.8 Å². The molecule has 0 spiro atoms. The van der Waals surface area contributed by atoms with Gasteiger partial charge in [0.25, 0.3) is 0 Å². The molecule has 13 heteroatoms. The van der Waals surface area contributed by atoms with Crippen LogP contribution in [0.15, 0.2) is 91.1 Å². The van der Waals surface area contributed by atoms with Gasteiger partial charge in [-0.2, -0.15) is 0 Å². The molecule has 1 aromatic heterocycles. The van der Waals surface area contributed by atoms with E-state index in [1.807, 2.05) is 30.3 Å². The number of aliphatic carboxylic acids is 1. The number of aromatic amines is 1. The summed E-state index contributed by atoms with van der Waals surface area (Å²) >= 11 is 0. The Morgan fingerprint density at radius 3 is 2.04 bits per heavy atom. The quantitative estimate of drug-likeness (QED) is 0.0981. The van der Waals surface area contributed by atoms with Crippen molar-refractivity contribution in [2.75, 3.05) is 6.16 Å². The zero-order valence-corrected chi connectivity index (χ0v) is 31.5. The number of benzene rings is 3. The van der Waals surface area contributed by atoms with Gasteiger partial charge in [0.05, 0.1) is 17.8 Å². The van der Waals surface area contributed by atoms with Gasteiger partial charge in [-0.3, -0.25) is 4.79 Å². The first-order valence-corrected chi connectivity index (χ1v) is 16.3. The summed E-state index contributed by atoms with van der Waals surface area (Å²) in [6, 6.07) is 23.7. The molecule has 4 atom stereocenters. The van der Waals surface area contributed by atoms with Crippen LogP contribution in [0, 0.1) is 11.8 Å². The first-order valence-electron chi connectivity index (χ1n) is 14.4. The van der Waals surface area contributed by atoms with Crippen LogP contribution in [0.1, 0.15) is 30.5 Å². The van der Waals surface area contributed by atoms with E-state index < -0.39 is 55.2 Å². The van der Waals surface area contributed by atoms with Crippen molar-refractivity contribution in [3.8, 4) is 0 Å². The third-order valence-electron chi connectivity index (χ3n) is 7.54. The topological polar surface area (TPSA) is 163 Å². The molecule has 10 nitrogen and oxygen atoms in total. The average molecular weight is 664 g/mol. The molecule has 0 saturated carbocycles. The van der Waals surface area contributed by atoms with Gasteiger partial charge in [0.1, 0.15) is 6.61 Å². The van der Waals surface area contributed by atoms with Crippen LogP contribution in [0.4, 0.5) is 4.79 Å². The molecular weight excluding hydrogens is 627 g/mol. The number of hydrogen-bond donors (Lipinski definition) is 3. The molecule has 0 aliphatic heterocycles. The molecule has 3 unspecified atom stereocenters. The van der Waals surface area contributed by atoms with Crippen molar-refractivity contribution in [1.82, 2.24) is 15.6 Å². The number of carboxylic acid groups (broad SMARTS) is 1. The third kappa shape index (κ3) is 11.4. The van der Waals surface area contributed by atoms with Crippen LogP contribution in [-0.4, -0.2) is 40.9 Å². The maximum atomic E-state index is 13.8. The minimum absolute atomic E-state index is 0. The van der Waals surface area contributed by atoms with Crippen molar-refractivity contribution in [2.24, 2.45) is 11.8 Å². The van der Waals surface area contributed by atoms with E-state index in [-0.39, 0.29) is 78.6 Å². The number of para-hydroxylation sites is 1. The van der Waals surface area contributed by atoms with Crippen LogP contribution in [-0.2, 0) is 38.3 Å². The number of nitrogens with one attached hydrogen (secondary N) is 3. The van der Waals surface area contributed by atoms with Crippen molar-refractivity contribution in [3.05, 3.63) is 108 Å². The first-order chi connectivity index (χ1) is 21.0. The van der Waals surface area contributed by atoms with Gasteiger partial charge < -0.3 is 39.7 Å².